The van der Waals surface area contributed by atoms with Crippen LogP contribution in [-0.4, -0.2) is 24.7 Å². The summed E-state index contributed by atoms with van der Waals surface area (Å²) in [6.45, 7) is 4.46. The smallest absolute Gasteiger partial charge is 0.407 e. The summed E-state index contributed by atoms with van der Waals surface area (Å²) >= 11 is 0. The lowest BCUT2D eigenvalue weighted by Gasteiger charge is -2.39. The Balaban J connectivity index is 1.54. The van der Waals surface area contributed by atoms with Crippen molar-refractivity contribution in [3.8, 4) is 0 Å². The second-order valence-electron chi connectivity index (χ2n) is 8.07. The Labute approximate surface area is 177 Å². The average molecular weight is 408 g/mol. The molecule has 0 saturated heterocycles. The van der Waals surface area contributed by atoms with E-state index in [1.165, 1.54) is 12.8 Å². The fourth-order valence-corrected chi connectivity index (χ4v) is 4.20. The quantitative estimate of drug-likeness (QED) is 0.679. The third kappa shape index (κ3) is 4.42. The number of amides is 1. The van der Waals surface area contributed by atoms with Crippen LogP contribution in [0.4, 0.5) is 10.5 Å². The van der Waals surface area contributed by atoms with E-state index in [-0.39, 0.29) is 30.6 Å². The summed E-state index contributed by atoms with van der Waals surface area (Å²) in [5.41, 5.74) is 3.26. The summed E-state index contributed by atoms with van der Waals surface area (Å²) in [7, 11) is 0. The van der Waals surface area contributed by atoms with Gasteiger partial charge in [-0.25, -0.2) is 9.59 Å². The first kappa shape index (κ1) is 20.3. The molecule has 2 N–H and O–H groups in total. The Bertz CT molecular complexity index is 911. The molecule has 1 saturated carbocycles. The predicted octanol–water partition coefficient (Wildman–Crippen LogP) is 4.67. The van der Waals surface area contributed by atoms with Crippen LogP contribution in [0.3, 0.4) is 0 Å². The second kappa shape index (κ2) is 8.78. The van der Waals surface area contributed by atoms with Crippen LogP contribution in [0.15, 0.2) is 48.5 Å². The SMILES string of the molecule is CCOC(=O)c1ccc2c(c1)C(NC(=O)OCc1ccccc1)[C@@H](C)C(C1CC1)N2. The third-order valence-corrected chi connectivity index (χ3v) is 5.93. The molecule has 3 atom stereocenters. The highest BCUT2D eigenvalue weighted by Crippen LogP contribution is 2.46. The molecule has 1 aliphatic carbocycles. The van der Waals surface area contributed by atoms with Gasteiger partial charge in [0.25, 0.3) is 0 Å². The molecular weight excluding hydrogens is 380 g/mol. The fraction of sp³-hybridized carbons (Fsp3) is 0.417. The van der Waals surface area contributed by atoms with Crippen LogP contribution < -0.4 is 10.6 Å². The number of hydrogen-bond donors (Lipinski definition) is 2. The van der Waals surface area contributed by atoms with Gasteiger partial charge in [-0.05, 0) is 55.0 Å². The minimum absolute atomic E-state index is 0.159. The lowest BCUT2D eigenvalue weighted by atomic mass is 9.81. The van der Waals surface area contributed by atoms with Crippen LogP contribution in [0.25, 0.3) is 0 Å². The zero-order valence-corrected chi connectivity index (χ0v) is 17.4. The molecule has 6 nitrogen and oxygen atoms in total. The zero-order valence-electron chi connectivity index (χ0n) is 17.4. The third-order valence-electron chi connectivity index (χ3n) is 5.93. The van der Waals surface area contributed by atoms with E-state index in [2.05, 4.69) is 17.6 Å². The molecule has 0 spiro atoms. The lowest BCUT2D eigenvalue weighted by Crippen LogP contribution is -2.45. The number of hydrogen-bond acceptors (Lipinski definition) is 5. The van der Waals surface area contributed by atoms with Crippen LogP contribution in [-0.2, 0) is 16.1 Å². The number of carbonyl (C=O) groups is 2. The number of rotatable bonds is 6. The van der Waals surface area contributed by atoms with Gasteiger partial charge in [-0.1, -0.05) is 37.3 Å². The van der Waals surface area contributed by atoms with E-state index >= 15 is 0 Å². The maximum Gasteiger partial charge on any atom is 0.407 e. The highest BCUT2D eigenvalue weighted by atomic mass is 16.5. The molecule has 0 radical (unpaired) electrons. The monoisotopic (exact) mass is 408 g/mol. The van der Waals surface area contributed by atoms with E-state index in [0.29, 0.717) is 18.1 Å². The Morgan fingerprint density at radius 3 is 2.57 bits per heavy atom. The van der Waals surface area contributed by atoms with Gasteiger partial charge in [0.1, 0.15) is 6.61 Å². The Morgan fingerprint density at radius 1 is 1.10 bits per heavy atom. The first-order valence-corrected chi connectivity index (χ1v) is 10.6. The topological polar surface area (TPSA) is 76.7 Å². The molecule has 158 valence electrons. The maximum atomic E-state index is 12.6. The van der Waals surface area contributed by atoms with Crippen molar-refractivity contribution in [1.82, 2.24) is 5.32 Å². The summed E-state index contributed by atoms with van der Waals surface area (Å²) in [5, 5.41) is 6.68. The molecule has 2 aliphatic rings. The number of benzene rings is 2. The number of nitrogens with one attached hydrogen (secondary N) is 2. The number of fused-ring (bicyclic) bond motifs is 1. The van der Waals surface area contributed by atoms with E-state index in [1.807, 2.05) is 42.5 Å². The van der Waals surface area contributed by atoms with Gasteiger partial charge in [-0.15, -0.1) is 0 Å². The van der Waals surface area contributed by atoms with Gasteiger partial charge in [0, 0.05) is 17.6 Å². The summed E-state index contributed by atoms with van der Waals surface area (Å²) in [5.74, 6) is 0.414. The number of esters is 1. The van der Waals surface area contributed by atoms with Gasteiger partial charge in [-0.2, -0.15) is 0 Å². The standard InChI is InChI=1S/C24H28N2O4/c1-3-29-23(27)18-11-12-20-19(13-18)22(15(2)21(25-20)17-9-10-17)26-24(28)30-14-16-7-5-4-6-8-16/h4-8,11-13,15,17,21-22,25H,3,9-10,14H2,1-2H3,(H,26,28)/t15-,21?,22?/m0/s1. The van der Waals surface area contributed by atoms with Gasteiger partial charge in [0.15, 0.2) is 0 Å². The van der Waals surface area contributed by atoms with Crippen LogP contribution in [0.2, 0.25) is 0 Å². The minimum Gasteiger partial charge on any atom is -0.462 e. The van der Waals surface area contributed by atoms with Crippen molar-refractivity contribution in [1.29, 1.82) is 0 Å². The van der Waals surface area contributed by atoms with Crippen molar-refractivity contribution < 1.29 is 19.1 Å². The summed E-state index contributed by atoms with van der Waals surface area (Å²) in [4.78, 5) is 24.8. The molecule has 30 heavy (non-hydrogen) atoms. The van der Waals surface area contributed by atoms with Gasteiger partial charge in [0.05, 0.1) is 18.2 Å². The molecule has 2 aromatic carbocycles. The Kier molecular flexibility index (Phi) is 5.93. The van der Waals surface area contributed by atoms with Gasteiger partial charge in [0.2, 0.25) is 0 Å². The van der Waals surface area contributed by atoms with Crippen LogP contribution in [0.5, 0.6) is 0 Å². The predicted molar refractivity (Wildman–Crippen MR) is 114 cm³/mol. The Hall–Kier alpha value is -3.02. The first-order chi connectivity index (χ1) is 14.6. The first-order valence-electron chi connectivity index (χ1n) is 10.6. The van der Waals surface area contributed by atoms with E-state index in [4.69, 9.17) is 9.47 Å². The normalized spacial score (nSPS) is 22.4. The van der Waals surface area contributed by atoms with E-state index < -0.39 is 6.09 Å². The van der Waals surface area contributed by atoms with Gasteiger partial charge in [-0.3, -0.25) is 0 Å². The number of anilines is 1. The fourth-order valence-electron chi connectivity index (χ4n) is 4.20. The number of ether oxygens (including phenoxy) is 2. The van der Waals surface area contributed by atoms with Crippen molar-refractivity contribution in [2.24, 2.45) is 11.8 Å². The minimum atomic E-state index is -0.459. The largest absolute Gasteiger partial charge is 0.462 e. The number of alkyl carbamates (subject to hydrolysis) is 1. The maximum absolute atomic E-state index is 12.6. The van der Waals surface area contributed by atoms with Crippen molar-refractivity contribution in [3.05, 3.63) is 65.2 Å². The summed E-state index contributed by atoms with van der Waals surface area (Å²) in [6.07, 6.45) is 1.94. The average Bonchev–Trinajstić information content (AvgIpc) is 3.60. The molecule has 0 aromatic heterocycles. The van der Waals surface area contributed by atoms with Crippen LogP contribution in [0.1, 0.15) is 54.2 Å². The van der Waals surface area contributed by atoms with Crippen molar-refractivity contribution in [3.63, 3.8) is 0 Å². The molecule has 1 heterocycles. The molecule has 1 aliphatic heterocycles. The Morgan fingerprint density at radius 2 is 1.87 bits per heavy atom. The molecule has 2 aromatic rings. The molecule has 4 rings (SSSR count). The molecular formula is C24H28N2O4. The highest BCUT2D eigenvalue weighted by Gasteiger charge is 2.42. The lowest BCUT2D eigenvalue weighted by molar-refractivity contribution is 0.0526. The van der Waals surface area contributed by atoms with Crippen LogP contribution >= 0.6 is 0 Å². The summed E-state index contributed by atoms with van der Waals surface area (Å²) < 4.78 is 10.6. The molecule has 1 amide bonds. The molecule has 1 fully saturated rings. The van der Waals surface area contributed by atoms with E-state index in [0.717, 1.165) is 16.8 Å². The molecule has 6 heteroatoms. The number of carbonyl (C=O) groups excluding carboxylic acids is 2. The van der Waals surface area contributed by atoms with Crippen molar-refractivity contribution in [2.75, 3.05) is 11.9 Å². The van der Waals surface area contributed by atoms with E-state index in [9.17, 15) is 9.59 Å². The van der Waals surface area contributed by atoms with Crippen molar-refractivity contribution in [2.45, 2.75) is 45.4 Å². The zero-order chi connectivity index (χ0) is 21.1. The van der Waals surface area contributed by atoms with Gasteiger partial charge < -0.3 is 20.1 Å². The summed E-state index contributed by atoms with van der Waals surface area (Å²) in [6, 6.07) is 15.1. The van der Waals surface area contributed by atoms with Crippen molar-refractivity contribution >= 4 is 17.7 Å². The second-order valence-corrected chi connectivity index (χ2v) is 8.07. The van der Waals surface area contributed by atoms with Gasteiger partial charge >= 0.3 is 12.1 Å². The van der Waals surface area contributed by atoms with E-state index in [1.54, 1.807) is 13.0 Å². The molecule has 2 unspecified atom stereocenters. The van der Waals surface area contributed by atoms with Crippen LogP contribution in [0, 0.1) is 11.8 Å². The molecule has 0 bridgehead atoms. The highest BCUT2D eigenvalue weighted by molar-refractivity contribution is 5.90.